The highest BCUT2D eigenvalue weighted by molar-refractivity contribution is 5.81. The molecule has 0 saturated carbocycles. The quantitative estimate of drug-likeness (QED) is 0.527. The third kappa shape index (κ3) is 2.63. The Hall–Kier alpha value is -3.93. The second-order valence-electron chi connectivity index (χ2n) is 6.69. The van der Waals surface area contributed by atoms with Gasteiger partial charge in [0.05, 0.1) is 16.9 Å². The molecule has 6 heteroatoms. The molecule has 0 unspecified atom stereocenters. The second-order valence-corrected chi connectivity index (χ2v) is 6.69. The van der Waals surface area contributed by atoms with Crippen LogP contribution in [0, 0.1) is 6.92 Å². The molecule has 0 aliphatic rings. The maximum absolute atomic E-state index is 13.4. The van der Waals surface area contributed by atoms with E-state index in [-0.39, 0.29) is 5.56 Å². The molecule has 0 radical (unpaired) electrons. The number of aryl methyl sites for hydroxylation is 1. The number of hydrogen-bond donors (Lipinski definition) is 1. The maximum Gasteiger partial charge on any atom is 0.279 e. The van der Waals surface area contributed by atoms with Crippen LogP contribution in [0.25, 0.3) is 33.7 Å². The lowest BCUT2D eigenvalue weighted by molar-refractivity contribution is 0.852. The summed E-state index contributed by atoms with van der Waals surface area (Å²) in [6.45, 7) is 2.02. The van der Waals surface area contributed by atoms with E-state index in [1.807, 2.05) is 79.9 Å². The van der Waals surface area contributed by atoms with Gasteiger partial charge >= 0.3 is 0 Å². The van der Waals surface area contributed by atoms with Crippen molar-refractivity contribution in [3.8, 4) is 28.1 Å². The largest absolute Gasteiger partial charge is 0.290 e. The fraction of sp³-hybridized carbons (Fsp3) is 0.0455. The number of H-pyrrole nitrogens is 1. The molecule has 0 aliphatic heterocycles. The monoisotopic (exact) mass is 367 g/mol. The molecular weight excluding hydrogens is 350 g/mol. The summed E-state index contributed by atoms with van der Waals surface area (Å²) < 4.78 is 3.28. The summed E-state index contributed by atoms with van der Waals surface area (Å²) in [5, 5.41) is 7.52. The van der Waals surface area contributed by atoms with Crippen LogP contribution in [0.2, 0.25) is 0 Å². The van der Waals surface area contributed by atoms with Crippen molar-refractivity contribution < 1.29 is 0 Å². The van der Waals surface area contributed by atoms with Crippen molar-refractivity contribution >= 4 is 5.65 Å². The molecule has 0 atom stereocenters. The van der Waals surface area contributed by atoms with E-state index in [0.717, 1.165) is 33.7 Å². The van der Waals surface area contributed by atoms with Crippen molar-refractivity contribution in [1.29, 1.82) is 0 Å². The number of rotatable bonds is 3. The smallest absolute Gasteiger partial charge is 0.279 e. The van der Waals surface area contributed by atoms with Crippen molar-refractivity contribution in [1.82, 2.24) is 24.4 Å². The van der Waals surface area contributed by atoms with Gasteiger partial charge in [0.25, 0.3) is 5.56 Å². The van der Waals surface area contributed by atoms with Crippen molar-refractivity contribution in [3.05, 3.63) is 95.2 Å². The van der Waals surface area contributed by atoms with Crippen LogP contribution in [-0.4, -0.2) is 24.4 Å². The number of para-hydroxylation sites is 1. The minimum atomic E-state index is -0.0921. The van der Waals surface area contributed by atoms with Crippen LogP contribution >= 0.6 is 0 Å². The molecule has 0 aliphatic carbocycles. The first-order chi connectivity index (χ1) is 13.7. The summed E-state index contributed by atoms with van der Waals surface area (Å²) >= 11 is 0. The molecule has 3 heterocycles. The third-order valence-electron chi connectivity index (χ3n) is 4.77. The molecule has 1 N–H and O–H groups in total. The Balaban J connectivity index is 1.80. The van der Waals surface area contributed by atoms with E-state index >= 15 is 0 Å². The molecule has 0 fully saturated rings. The molecule has 0 amide bonds. The van der Waals surface area contributed by atoms with Crippen molar-refractivity contribution in [2.24, 2.45) is 0 Å². The molecule has 5 rings (SSSR count). The van der Waals surface area contributed by atoms with E-state index in [4.69, 9.17) is 0 Å². The molecule has 136 valence electrons. The molecule has 28 heavy (non-hydrogen) atoms. The van der Waals surface area contributed by atoms with E-state index in [1.54, 1.807) is 9.20 Å². The van der Waals surface area contributed by atoms with Crippen LogP contribution in [-0.2, 0) is 0 Å². The van der Waals surface area contributed by atoms with Crippen molar-refractivity contribution in [2.45, 2.75) is 6.92 Å². The zero-order chi connectivity index (χ0) is 19.1. The predicted octanol–water partition coefficient (Wildman–Crippen LogP) is 3.85. The predicted molar refractivity (Wildman–Crippen MR) is 109 cm³/mol. The number of benzene rings is 2. The highest BCUT2D eigenvalue weighted by Gasteiger charge is 2.19. The summed E-state index contributed by atoms with van der Waals surface area (Å²) in [7, 11) is 0. The van der Waals surface area contributed by atoms with Crippen molar-refractivity contribution in [3.63, 3.8) is 0 Å². The van der Waals surface area contributed by atoms with Gasteiger partial charge in [0.1, 0.15) is 6.33 Å². The first-order valence-corrected chi connectivity index (χ1v) is 8.98. The number of hydrogen-bond acceptors (Lipinski definition) is 3. The lowest BCUT2D eigenvalue weighted by atomic mass is 10.0. The summed E-state index contributed by atoms with van der Waals surface area (Å²) in [6, 6.07) is 21.4. The summed E-state index contributed by atoms with van der Waals surface area (Å²) in [5.41, 5.74) is 5.67. The van der Waals surface area contributed by atoms with E-state index in [1.165, 1.54) is 6.33 Å². The van der Waals surface area contributed by atoms with Gasteiger partial charge < -0.3 is 0 Å². The molecule has 6 nitrogen and oxygen atoms in total. The summed E-state index contributed by atoms with van der Waals surface area (Å²) in [4.78, 5) is 17.6. The normalized spacial score (nSPS) is 11.2. The van der Waals surface area contributed by atoms with E-state index in [9.17, 15) is 4.79 Å². The number of nitrogens with one attached hydrogen (secondary N) is 1. The van der Waals surface area contributed by atoms with Gasteiger partial charge in [-0.2, -0.15) is 5.10 Å². The lowest BCUT2D eigenvalue weighted by Crippen LogP contribution is -2.15. The molecule has 0 spiro atoms. The van der Waals surface area contributed by atoms with Gasteiger partial charge in [-0.15, -0.1) is 0 Å². The Kier molecular flexibility index (Phi) is 3.69. The van der Waals surface area contributed by atoms with Crippen LogP contribution in [0.1, 0.15) is 5.56 Å². The Morgan fingerprint density at radius 2 is 1.79 bits per heavy atom. The fourth-order valence-electron chi connectivity index (χ4n) is 3.44. The first-order valence-electron chi connectivity index (χ1n) is 8.98. The Morgan fingerprint density at radius 3 is 2.61 bits per heavy atom. The van der Waals surface area contributed by atoms with Crippen LogP contribution in [0.5, 0.6) is 0 Å². The molecule has 2 aromatic carbocycles. The van der Waals surface area contributed by atoms with Gasteiger partial charge in [-0.05, 0) is 36.8 Å². The van der Waals surface area contributed by atoms with Crippen LogP contribution in [0.4, 0.5) is 0 Å². The first kappa shape index (κ1) is 16.3. The van der Waals surface area contributed by atoms with E-state index < -0.39 is 0 Å². The highest BCUT2D eigenvalue weighted by Crippen LogP contribution is 2.29. The lowest BCUT2D eigenvalue weighted by Gasteiger charge is -2.04. The van der Waals surface area contributed by atoms with Gasteiger partial charge in [0.15, 0.2) is 5.65 Å². The average Bonchev–Trinajstić information content (AvgIpc) is 3.32. The second kappa shape index (κ2) is 6.35. The van der Waals surface area contributed by atoms with Gasteiger partial charge in [0, 0.05) is 11.8 Å². The Bertz CT molecular complexity index is 1340. The number of aromatic amines is 1. The Morgan fingerprint density at radius 1 is 0.929 bits per heavy atom. The minimum Gasteiger partial charge on any atom is -0.290 e. The Labute approximate surface area is 160 Å². The summed E-state index contributed by atoms with van der Waals surface area (Å²) in [6.07, 6.45) is 3.39. The fourth-order valence-corrected chi connectivity index (χ4v) is 3.44. The number of pyridine rings is 1. The SMILES string of the molecule is Cc1cccc(-c2c(-c3ccc4ncnn4c3)[nH]n(-c3ccccc3)c2=O)c1. The maximum atomic E-state index is 13.4. The van der Waals surface area contributed by atoms with Gasteiger partial charge in [-0.25, -0.2) is 14.2 Å². The van der Waals surface area contributed by atoms with Crippen LogP contribution in [0.15, 0.2) is 84.0 Å². The molecule has 0 bridgehead atoms. The number of aromatic nitrogens is 5. The molecule has 0 saturated heterocycles. The number of fused-ring (bicyclic) bond motifs is 1. The molecular formula is C22H17N5O. The molecule has 5 aromatic rings. The van der Waals surface area contributed by atoms with Gasteiger partial charge in [0.2, 0.25) is 0 Å². The highest BCUT2D eigenvalue weighted by atomic mass is 16.1. The third-order valence-corrected chi connectivity index (χ3v) is 4.77. The van der Waals surface area contributed by atoms with Crippen LogP contribution < -0.4 is 5.56 Å². The van der Waals surface area contributed by atoms with E-state index in [2.05, 4.69) is 15.2 Å². The standard InChI is InChI=1S/C22H17N5O/c1-15-6-5-7-16(12-15)20-21(17-10-11-19-23-14-24-26(19)13-17)25-27(22(20)28)18-8-3-2-4-9-18/h2-14,25H,1H3. The number of nitrogens with zero attached hydrogens (tertiary/aromatic N) is 4. The topological polar surface area (TPSA) is 68.0 Å². The van der Waals surface area contributed by atoms with Crippen LogP contribution in [0.3, 0.4) is 0 Å². The van der Waals surface area contributed by atoms with Gasteiger partial charge in [-0.3, -0.25) is 9.89 Å². The van der Waals surface area contributed by atoms with Crippen molar-refractivity contribution in [2.75, 3.05) is 0 Å². The van der Waals surface area contributed by atoms with E-state index in [0.29, 0.717) is 5.56 Å². The van der Waals surface area contributed by atoms with Gasteiger partial charge in [-0.1, -0.05) is 48.0 Å². The summed E-state index contributed by atoms with van der Waals surface area (Å²) in [5.74, 6) is 0. The molecule has 3 aromatic heterocycles. The zero-order valence-corrected chi connectivity index (χ0v) is 15.2. The minimum absolute atomic E-state index is 0.0921. The zero-order valence-electron chi connectivity index (χ0n) is 15.2. The average molecular weight is 367 g/mol.